The third-order valence-electron chi connectivity index (χ3n) is 3.36. The van der Waals surface area contributed by atoms with Crippen LogP contribution in [0.25, 0.3) is 10.6 Å². The molecule has 0 spiro atoms. The van der Waals surface area contributed by atoms with E-state index in [2.05, 4.69) is 15.3 Å². The van der Waals surface area contributed by atoms with Crippen LogP contribution in [0.15, 0.2) is 18.5 Å². The van der Waals surface area contributed by atoms with E-state index in [0.717, 1.165) is 29.7 Å². The van der Waals surface area contributed by atoms with Gasteiger partial charge < -0.3 is 5.32 Å². The molecule has 2 aromatic rings. The third kappa shape index (κ3) is 3.24. The van der Waals surface area contributed by atoms with Crippen LogP contribution in [0.3, 0.4) is 0 Å². The maximum absolute atomic E-state index is 13.1. The lowest BCUT2D eigenvalue weighted by Crippen LogP contribution is -2.18. The molecule has 7 heteroatoms. The summed E-state index contributed by atoms with van der Waals surface area (Å²) in [4.78, 5) is 8.04. The van der Waals surface area contributed by atoms with Gasteiger partial charge in [0.05, 0.1) is 4.88 Å². The van der Waals surface area contributed by atoms with Crippen LogP contribution >= 0.6 is 11.3 Å². The van der Waals surface area contributed by atoms with Gasteiger partial charge in [0.15, 0.2) is 5.69 Å². The Kier molecular flexibility index (Phi) is 3.71. The second-order valence-corrected chi connectivity index (χ2v) is 6.22. The normalized spacial score (nSPS) is 15.4. The van der Waals surface area contributed by atoms with Crippen molar-refractivity contribution in [2.24, 2.45) is 0 Å². The molecule has 2 aromatic heterocycles. The maximum Gasteiger partial charge on any atom is 0.434 e. The molecule has 3 rings (SSSR count). The Hall–Kier alpha value is -1.47. The second-order valence-electron chi connectivity index (χ2n) is 5.13. The van der Waals surface area contributed by atoms with E-state index in [1.807, 2.05) is 6.92 Å². The number of nitrogens with one attached hydrogen (secondary N) is 1. The number of thiazole rings is 1. The number of pyridine rings is 1. The number of aromatic nitrogens is 2. The minimum absolute atomic E-state index is 0.219. The van der Waals surface area contributed by atoms with Crippen molar-refractivity contribution in [2.45, 2.75) is 38.5 Å². The summed E-state index contributed by atoms with van der Waals surface area (Å²) in [6.07, 6.45) is 0.827. The van der Waals surface area contributed by atoms with Crippen LogP contribution in [-0.4, -0.2) is 16.0 Å². The van der Waals surface area contributed by atoms with Crippen LogP contribution in [-0.2, 0) is 12.7 Å². The molecular weight excluding hydrogens is 299 g/mol. The van der Waals surface area contributed by atoms with Crippen molar-refractivity contribution in [3.63, 3.8) is 0 Å². The van der Waals surface area contributed by atoms with Gasteiger partial charge in [-0.2, -0.15) is 13.2 Å². The van der Waals surface area contributed by atoms with Crippen molar-refractivity contribution in [3.8, 4) is 10.6 Å². The SMILES string of the molecule is Cc1ccncc1-c1nc(C(F)(F)F)c(CNC2CC2)s1. The first-order valence-electron chi connectivity index (χ1n) is 6.66. The Labute approximate surface area is 124 Å². The number of hydrogen-bond acceptors (Lipinski definition) is 4. The Balaban J connectivity index is 1.96. The molecule has 2 heterocycles. The van der Waals surface area contributed by atoms with E-state index in [4.69, 9.17) is 0 Å². The number of halogens is 3. The summed E-state index contributed by atoms with van der Waals surface area (Å²) in [7, 11) is 0. The molecule has 21 heavy (non-hydrogen) atoms. The van der Waals surface area contributed by atoms with Gasteiger partial charge in [-0.25, -0.2) is 4.98 Å². The van der Waals surface area contributed by atoms with E-state index >= 15 is 0 Å². The summed E-state index contributed by atoms with van der Waals surface area (Å²) in [5.74, 6) is 0. The van der Waals surface area contributed by atoms with Gasteiger partial charge in [0.1, 0.15) is 5.01 Å². The molecule has 0 amide bonds. The topological polar surface area (TPSA) is 37.8 Å². The summed E-state index contributed by atoms with van der Waals surface area (Å²) in [6, 6.07) is 2.13. The fourth-order valence-corrected chi connectivity index (χ4v) is 3.13. The first-order valence-corrected chi connectivity index (χ1v) is 7.48. The number of alkyl halides is 3. The lowest BCUT2D eigenvalue weighted by Gasteiger charge is -2.06. The molecule has 1 aliphatic carbocycles. The molecule has 112 valence electrons. The minimum atomic E-state index is -4.43. The van der Waals surface area contributed by atoms with Gasteiger partial charge in [-0.05, 0) is 31.4 Å². The van der Waals surface area contributed by atoms with E-state index in [9.17, 15) is 13.2 Å². The molecule has 0 bridgehead atoms. The van der Waals surface area contributed by atoms with Gasteiger partial charge in [0, 0.05) is 30.5 Å². The minimum Gasteiger partial charge on any atom is -0.309 e. The van der Waals surface area contributed by atoms with E-state index < -0.39 is 11.9 Å². The van der Waals surface area contributed by atoms with Crippen molar-refractivity contribution in [3.05, 3.63) is 34.6 Å². The molecular formula is C14H14F3N3S. The zero-order valence-corrected chi connectivity index (χ0v) is 12.2. The highest BCUT2D eigenvalue weighted by Gasteiger charge is 2.38. The lowest BCUT2D eigenvalue weighted by molar-refractivity contribution is -0.141. The molecule has 0 atom stereocenters. The molecule has 3 nitrogen and oxygen atoms in total. The standard InChI is InChI=1S/C14H14F3N3S/c1-8-4-5-18-6-10(8)13-20-12(14(15,16)17)11(21-13)7-19-9-2-3-9/h4-6,9,19H,2-3,7H2,1H3. The quantitative estimate of drug-likeness (QED) is 0.933. The van der Waals surface area contributed by atoms with Crippen LogP contribution in [0.2, 0.25) is 0 Å². The molecule has 0 unspecified atom stereocenters. The third-order valence-corrected chi connectivity index (χ3v) is 4.45. The molecule has 1 saturated carbocycles. The monoisotopic (exact) mass is 313 g/mol. The van der Waals surface area contributed by atoms with Crippen molar-refractivity contribution in [2.75, 3.05) is 0 Å². The zero-order chi connectivity index (χ0) is 15.0. The Morgan fingerprint density at radius 1 is 1.38 bits per heavy atom. The van der Waals surface area contributed by atoms with Crippen LogP contribution in [0.1, 0.15) is 29.0 Å². The summed E-state index contributed by atoms with van der Waals surface area (Å²) < 4.78 is 39.4. The Morgan fingerprint density at radius 3 is 2.76 bits per heavy atom. The largest absolute Gasteiger partial charge is 0.434 e. The summed E-state index contributed by atoms with van der Waals surface area (Å²) in [5, 5.41) is 3.50. The van der Waals surface area contributed by atoms with Gasteiger partial charge in [-0.1, -0.05) is 0 Å². The fourth-order valence-electron chi connectivity index (χ4n) is 2.02. The number of hydrogen-bond donors (Lipinski definition) is 1. The van der Waals surface area contributed by atoms with Crippen molar-refractivity contribution in [1.82, 2.24) is 15.3 Å². The molecule has 0 aromatic carbocycles. The summed E-state index contributed by atoms with van der Waals surface area (Å²) in [6.45, 7) is 2.06. The molecule has 1 fully saturated rings. The molecule has 0 radical (unpaired) electrons. The predicted octanol–water partition coefficient (Wildman–Crippen LogP) is 3.78. The average Bonchev–Trinajstić information content (AvgIpc) is 3.14. The Bertz CT molecular complexity index is 647. The number of nitrogens with zero attached hydrogens (tertiary/aromatic N) is 2. The smallest absolute Gasteiger partial charge is 0.309 e. The molecule has 0 saturated heterocycles. The summed E-state index contributed by atoms with van der Waals surface area (Å²) in [5.41, 5.74) is 0.749. The number of aryl methyl sites for hydroxylation is 1. The van der Waals surface area contributed by atoms with Gasteiger partial charge in [-0.15, -0.1) is 11.3 Å². The zero-order valence-electron chi connectivity index (χ0n) is 11.4. The fraction of sp³-hybridized carbons (Fsp3) is 0.429. The van der Waals surface area contributed by atoms with Crippen molar-refractivity contribution < 1.29 is 13.2 Å². The number of rotatable bonds is 4. The predicted molar refractivity (Wildman–Crippen MR) is 74.9 cm³/mol. The van der Waals surface area contributed by atoms with Crippen molar-refractivity contribution >= 4 is 11.3 Å². The molecule has 1 aliphatic rings. The lowest BCUT2D eigenvalue weighted by atomic mass is 10.2. The van der Waals surface area contributed by atoms with Crippen molar-refractivity contribution in [1.29, 1.82) is 0 Å². The van der Waals surface area contributed by atoms with Crippen LogP contribution < -0.4 is 5.32 Å². The van der Waals surface area contributed by atoms with Crippen LogP contribution in [0.5, 0.6) is 0 Å². The molecule has 0 aliphatic heterocycles. The van der Waals surface area contributed by atoms with Gasteiger partial charge in [-0.3, -0.25) is 4.98 Å². The van der Waals surface area contributed by atoms with Gasteiger partial charge in [0.25, 0.3) is 0 Å². The van der Waals surface area contributed by atoms with E-state index in [-0.39, 0.29) is 11.4 Å². The molecule has 1 N–H and O–H groups in total. The summed E-state index contributed by atoms with van der Waals surface area (Å²) >= 11 is 1.09. The highest BCUT2D eigenvalue weighted by molar-refractivity contribution is 7.15. The van der Waals surface area contributed by atoms with E-state index in [1.165, 1.54) is 0 Å². The first kappa shape index (κ1) is 14.5. The second kappa shape index (κ2) is 5.38. The maximum atomic E-state index is 13.1. The Morgan fingerprint density at radius 2 is 2.14 bits per heavy atom. The van der Waals surface area contributed by atoms with Gasteiger partial charge in [0.2, 0.25) is 0 Å². The van der Waals surface area contributed by atoms with Gasteiger partial charge >= 0.3 is 6.18 Å². The highest BCUT2D eigenvalue weighted by atomic mass is 32.1. The van der Waals surface area contributed by atoms with Crippen LogP contribution in [0, 0.1) is 6.92 Å². The average molecular weight is 313 g/mol. The van der Waals surface area contributed by atoms with E-state index in [1.54, 1.807) is 18.5 Å². The van der Waals surface area contributed by atoms with E-state index in [0.29, 0.717) is 16.6 Å². The highest BCUT2D eigenvalue weighted by Crippen LogP contribution is 2.38. The first-order chi connectivity index (χ1) is 9.95. The van der Waals surface area contributed by atoms with Crippen LogP contribution in [0.4, 0.5) is 13.2 Å².